The monoisotopic (exact) mass is 411 g/mol. The summed E-state index contributed by atoms with van der Waals surface area (Å²) in [5, 5.41) is 12.8. The second kappa shape index (κ2) is 9.70. The summed E-state index contributed by atoms with van der Waals surface area (Å²) in [6.07, 6.45) is 1.35. The van der Waals surface area contributed by atoms with Crippen molar-refractivity contribution in [1.29, 1.82) is 0 Å². The molecule has 0 saturated heterocycles. The van der Waals surface area contributed by atoms with E-state index >= 15 is 0 Å². The van der Waals surface area contributed by atoms with Gasteiger partial charge in [0.05, 0.1) is 12.6 Å². The van der Waals surface area contributed by atoms with E-state index in [1.54, 1.807) is 36.2 Å². The minimum Gasteiger partial charge on any atom is -0.472 e. The summed E-state index contributed by atoms with van der Waals surface area (Å²) in [5.41, 5.74) is 1.35. The van der Waals surface area contributed by atoms with Crippen LogP contribution in [0.4, 0.5) is 4.39 Å². The Hall–Kier alpha value is -2.95. The number of hydrogen-bond donors (Lipinski definition) is 2. The number of benzene rings is 1. The number of amides is 1. The molecular weight excluding hydrogens is 385 g/mol. The van der Waals surface area contributed by atoms with E-state index in [0.29, 0.717) is 29.8 Å². The lowest BCUT2D eigenvalue weighted by Crippen LogP contribution is -2.49. The molecule has 30 heavy (non-hydrogen) atoms. The molecule has 0 radical (unpaired) electrons. The first-order valence-electron chi connectivity index (χ1n) is 9.93. The number of carbonyl (C=O) groups is 1. The van der Waals surface area contributed by atoms with E-state index in [-0.39, 0.29) is 42.3 Å². The Bertz CT molecular complexity index is 970. The zero-order valence-corrected chi connectivity index (χ0v) is 17.4. The SMILES string of the molecule is CNC[C@@H]1Oc2ncc(C#Cc3cccc(F)c3)cc2C(=O)N([C@H](C)CO)C[C@@H]1C. The van der Waals surface area contributed by atoms with Crippen molar-refractivity contribution < 1.29 is 19.0 Å². The third kappa shape index (κ3) is 4.96. The van der Waals surface area contributed by atoms with Gasteiger partial charge in [0.25, 0.3) is 5.91 Å². The van der Waals surface area contributed by atoms with Crippen molar-refractivity contribution in [2.24, 2.45) is 5.92 Å². The zero-order chi connectivity index (χ0) is 21.7. The largest absolute Gasteiger partial charge is 0.472 e. The van der Waals surface area contributed by atoms with Crippen LogP contribution in [0.15, 0.2) is 36.5 Å². The summed E-state index contributed by atoms with van der Waals surface area (Å²) in [7, 11) is 1.84. The second-order valence-corrected chi connectivity index (χ2v) is 7.52. The molecule has 6 nitrogen and oxygen atoms in total. The smallest absolute Gasteiger partial charge is 0.259 e. The molecule has 0 saturated carbocycles. The lowest BCUT2D eigenvalue weighted by atomic mass is 10.0. The molecule has 1 aromatic carbocycles. The third-order valence-corrected chi connectivity index (χ3v) is 5.10. The number of carbonyl (C=O) groups excluding carboxylic acids is 1. The lowest BCUT2D eigenvalue weighted by molar-refractivity contribution is 0.0404. The zero-order valence-electron chi connectivity index (χ0n) is 17.4. The molecule has 3 rings (SSSR count). The highest BCUT2D eigenvalue weighted by atomic mass is 19.1. The van der Waals surface area contributed by atoms with Gasteiger partial charge in [0.15, 0.2) is 0 Å². The van der Waals surface area contributed by atoms with Gasteiger partial charge in [-0.25, -0.2) is 9.37 Å². The molecule has 158 valence electrons. The van der Waals surface area contributed by atoms with Gasteiger partial charge < -0.3 is 20.1 Å². The van der Waals surface area contributed by atoms with E-state index in [9.17, 15) is 14.3 Å². The minimum atomic E-state index is -0.361. The normalized spacial score (nSPS) is 19.6. The number of aliphatic hydroxyl groups excluding tert-OH is 1. The fourth-order valence-electron chi connectivity index (χ4n) is 3.33. The number of pyridine rings is 1. The van der Waals surface area contributed by atoms with Crippen molar-refractivity contribution in [2.75, 3.05) is 26.7 Å². The Kier molecular flexibility index (Phi) is 7.03. The van der Waals surface area contributed by atoms with Crippen molar-refractivity contribution in [2.45, 2.75) is 26.0 Å². The van der Waals surface area contributed by atoms with Gasteiger partial charge in [0.2, 0.25) is 5.88 Å². The van der Waals surface area contributed by atoms with E-state index in [4.69, 9.17) is 4.74 Å². The number of halogens is 1. The molecule has 7 heteroatoms. The summed E-state index contributed by atoms with van der Waals surface area (Å²) in [4.78, 5) is 19.3. The van der Waals surface area contributed by atoms with Crippen molar-refractivity contribution in [3.05, 3.63) is 59.0 Å². The van der Waals surface area contributed by atoms with Crippen LogP contribution in [0.25, 0.3) is 0 Å². The summed E-state index contributed by atoms with van der Waals surface area (Å²) in [6, 6.07) is 7.29. The van der Waals surface area contributed by atoms with E-state index in [0.717, 1.165) is 0 Å². The molecule has 3 atom stereocenters. The second-order valence-electron chi connectivity index (χ2n) is 7.52. The van der Waals surface area contributed by atoms with Crippen LogP contribution in [0.2, 0.25) is 0 Å². The molecule has 0 fully saturated rings. The number of aromatic nitrogens is 1. The topological polar surface area (TPSA) is 74.7 Å². The quantitative estimate of drug-likeness (QED) is 0.754. The van der Waals surface area contributed by atoms with E-state index < -0.39 is 0 Å². The maximum absolute atomic E-state index is 13.4. The summed E-state index contributed by atoms with van der Waals surface area (Å²) in [6.45, 7) is 4.72. The van der Waals surface area contributed by atoms with Gasteiger partial charge in [0, 0.05) is 36.3 Å². The van der Waals surface area contributed by atoms with Crippen LogP contribution >= 0.6 is 0 Å². The molecule has 1 aromatic heterocycles. The Morgan fingerprint density at radius 1 is 1.37 bits per heavy atom. The molecule has 2 heterocycles. The average molecular weight is 411 g/mol. The Labute approximate surface area is 176 Å². The highest BCUT2D eigenvalue weighted by molar-refractivity contribution is 5.97. The van der Waals surface area contributed by atoms with Gasteiger partial charge in [-0.1, -0.05) is 24.8 Å². The summed E-state index contributed by atoms with van der Waals surface area (Å²) in [5.74, 6) is 5.48. The molecule has 0 bridgehead atoms. The minimum absolute atomic E-state index is 0.0396. The fourth-order valence-corrected chi connectivity index (χ4v) is 3.33. The number of likely N-dealkylation sites (N-methyl/N-ethyl adjacent to an activating group) is 1. The van der Waals surface area contributed by atoms with Gasteiger partial charge in [0.1, 0.15) is 17.5 Å². The predicted octanol–water partition coefficient (Wildman–Crippen LogP) is 2.06. The first kappa shape index (κ1) is 21.8. The lowest BCUT2D eigenvalue weighted by Gasteiger charge is -2.36. The van der Waals surface area contributed by atoms with Crippen molar-refractivity contribution >= 4 is 5.91 Å². The van der Waals surface area contributed by atoms with E-state index in [2.05, 4.69) is 22.1 Å². The average Bonchev–Trinajstić information content (AvgIpc) is 2.74. The standard InChI is InChI=1S/C23H26FN3O3/c1-15-13-27(16(2)14-28)23(29)20-10-18(8-7-17-5-4-6-19(24)9-17)11-26-22(20)30-21(15)12-25-3/h4-6,9-11,15-16,21,25,28H,12-14H2,1-3H3/t15-,16+,21-/m0/s1. The Morgan fingerprint density at radius 2 is 2.13 bits per heavy atom. The fraction of sp³-hybridized carbons (Fsp3) is 0.391. The van der Waals surface area contributed by atoms with Gasteiger partial charge in [-0.3, -0.25) is 4.79 Å². The van der Waals surface area contributed by atoms with E-state index in [1.165, 1.54) is 12.1 Å². The Morgan fingerprint density at radius 3 is 2.83 bits per heavy atom. The van der Waals surface area contributed by atoms with Gasteiger partial charge in [-0.15, -0.1) is 0 Å². The molecule has 0 spiro atoms. The molecule has 0 aliphatic carbocycles. The highest BCUT2D eigenvalue weighted by Gasteiger charge is 2.33. The number of nitrogens with one attached hydrogen (secondary N) is 1. The molecule has 2 N–H and O–H groups in total. The molecule has 1 amide bonds. The number of hydrogen-bond acceptors (Lipinski definition) is 5. The number of ether oxygens (including phenoxy) is 1. The number of nitrogens with zero attached hydrogens (tertiary/aromatic N) is 2. The summed E-state index contributed by atoms with van der Waals surface area (Å²) >= 11 is 0. The molecular formula is C23H26FN3O3. The van der Waals surface area contributed by atoms with Crippen molar-refractivity contribution in [3.8, 4) is 17.7 Å². The number of aliphatic hydroxyl groups is 1. The van der Waals surface area contributed by atoms with Crippen LogP contribution in [-0.4, -0.2) is 59.8 Å². The maximum Gasteiger partial charge on any atom is 0.259 e. The molecule has 1 aliphatic heterocycles. The first-order valence-corrected chi connectivity index (χ1v) is 9.93. The van der Waals surface area contributed by atoms with Crippen LogP contribution in [0.3, 0.4) is 0 Å². The number of rotatable bonds is 4. The molecule has 0 unspecified atom stereocenters. The predicted molar refractivity (Wildman–Crippen MR) is 112 cm³/mol. The van der Waals surface area contributed by atoms with Crippen molar-refractivity contribution in [3.63, 3.8) is 0 Å². The molecule has 1 aliphatic rings. The number of fused-ring (bicyclic) bond motifs is 1. The molecule has 2 aromatic rings. The van der Waals surface area contributed by atoms with Crippen LogP contribution in [0.5, 0.6) is 5.88 Å². The van der Waals surface area contributed by atoms with Gasteiger partial charge in [-0.05, 0) is 38.2 Å². The highest BCUT2D eigenvalue weighted by Crippen LogP contribution is 2.26. The Balaban J connectivity index is 2.00. The first-order chi connectivity index (χ1) is 14.4. The van der Waals surface area contributed by atoms with E-state index in [1.807, 2.05) is 14.0 Å². The van der Waals surface area contributed by atoms with Gasteiger partial charge in [-0.2, -0.15) is 0 Å². The maximum atomic E-state index is 13.4. The van der Waals surface area contributed by atoms with Crippen molar-refractivity contribution in [1.82, 2.24) is 15.2 Å². The summed E-state index contributed by atoms with van der Waals surface area (Å²) < 4.78 is 19.4. The third-order valence-electron chi connectivity index (χ3n) is 5.10. The van der Waals surface area contributed by atoms with Crippen LogP contribution in [0.1, 0.15) is 35.3 Å². The van der Waals surface area contributed by atoms with Crippen LogP contribution < -0.4 is 10.1 Å². The van der Waals surface area contributed by atoms with Gasteiger partial charge >= 0.3 is 0 Å². The van der Waals surface area contributed by atoms with Crippen LogP contribution in [-0.2, 0) is 0 Å². The van der Waals surface area contributed by atoms with Crippen LogP contribution in [0, 0.1) is 23.6 Å².